The molecular weight excluding hydrogens is 312 g/mol. The fourth-order valence-electron chi connectivity index (χ4n) is 4.48. The van der Waals surface area contributed by atoms with Crippen LogP contribution in [-0.4, -0.2) is 18.4 Å². The van der Waals surface area contributed by atoms with Gasteiger partial charge in [0, 0.05) is 6.42 Å². The van der Waals surface area contributed by atoms with Gasteiger partial charge in [0.05, 0.1) is 11.5 Å². The molecule has 0 heterocycles. The van der Waals surface area contributed by atoms with Gasteiger partial charge in [0.1, 0.15) is 0 Å². The van der Waals surface area contributed by atoms with Crippen molar-refractivity contribution in [3.8, 4) is 0 Å². The van der Waals surface area contributed by atoms with Crippen molar-refractivity contribution in [3.63, 3.8) is 0 Å². The fraction of sp³-hybridized carbons (Fsp3) is 0.955. The Morgan fingerprint density at radius 1 is 1.00 bits per heavy atom. The highest BCUT2D eigenvalue weighted by atomic mass is 16.7. The van der Waals surface area contributed by atoms with Crippen molar-refractivity contribution in [2.75, 3.05) is 0 Å². The van der Waals surface area contributed by atoms with Gasteiger partial charge in [-0.2, -0.15) is 0 Å². The number of carbonyl (C=O) groups is 1. The van der Waals surface area contributed by atoms with E-state index in [1.807, 2.05) is 0 Å². The van der Waals surface area contributed by atoms with Crippen molar-refractivity contribution < 1.29 is 14.3 Å². The van der Waals surface area contributed by atoms with Crippen LogP contribution in [0.3, 0.4) is 0 Å². The van der Waals surface area contributed by atoms with Crippen molar-refractivity contribution in [3.05, 3.63) is 0 Å². The topological polar surface area (TPSA) is 35.5 Å². The first-order chi connectivity index (χ1) is 12.1. The molecule has 0 amide bonds. The van der Waals surface area contributed by atoms with Crippen LogP contribution >= 0.6 is 0 Å². The molecule has 2 unspecified atom stereocenters. The molecule has 146 valence electrons. The molecule has 0 spiro atoms. The van der Waals surface area contributed by atoms with E-state index in [1.165, 1.54) is 51.4 Å². The molecule has 0 radical (unpaired) electrons. The average Bonchev–Trinajstić information content (AvgIpc) is 2.63. The van der Waals surface area contributed by atoms with Gasteiger partial charge in [-0.15, -0.1) is 0 Å². The van der Waals surface area contributed by atoms with Crippen LogP contribution < -0.4 is 0 Å². The Morgan fingerprint density at radius 3 is 2.16 bits per heavy atom. The second-order valence-electron chi connectivity index (χ2n) is 8.63. The Kier molecular flexibility index (Phi) is 8.75. The van der Waals surface area contributed by atoms with Gasteiger partial charge in [-0.25, -0.2) is 0 Å². The van der Waals surface area contributed by atoms with Gasteiger partial charge in [0.2, 0.25) is 6.29 Å². The van der Waals surface area contributed by atoms with Crippen LogP contribution in [0.4, 0.5) is 0 Å². The molecular formula is C22H40O3. The highest BCUT2D eigenvalue weighted by Crippen LogP contribution is 2.33. The van der Waals surface area contributed by atoms with Crippen molar-refractivity contribution in [2.24, 2.45) is 11.3 Å². The van der Waals surface area contributed by atoms with Crippen molar-refractivity contribution in [1.82, 2.24) is 0 Å². The van der Waals surface area contributed by atoms with E-state index in [2.05, 4.69) is 20.8 Å². The largest absolute Gasteiger partial charge is 0.435 e. The van der Waals surface area contributed by atoms with Gasteiger partial charge < -0.3 is 9.47 Å². The molecule has 3 nitrogen and oxygen atoms in total. The summed E-state index contributed by atoms with van der Waals surface area (Å²) in [5, 5.41) is 0. The first kappa shape index (κ1) is 20.7. The van der Waals surface area contributed by atoms with Crippen LogP contribution in [0.1, 0.15) is 111 Å². The molecule has 2 fully saturated rings. The minimum atomic E-state index is -0.366. The molecule has 2 atom stereocenters. The number of rotatable bonds is 9. The molecule has 2 aliphatic carbocycles. The third kappa shape index (κ3) is 6.58. The maximum absolute atomic E-state index is 12.9. The van der Waals surface area contributed by atoms with Gasteiger partial charge in [0.15, 0.2) is 0 Å². The highest BCUT2D eigenvalue weighted by molar-refractivity contribution is 5.76. The average molecular weight is 353 g/mol. The Morgan fingerprint density at radius 2 is 1.60 bits per heavy atom. The molecule has 0 bridgehead atoms. The van der Waals surface area contributed by atoms with E-state index in [0.29, 0.717) is 5.92 Å². The molecule has 0 aliphatic heterocycles. The quantitative estimate of drug-likeness (QED) is 0.356. The third-order valence-corrected chi connectivity index (χ3v) is 6.46. The molecule has 0 aromatic heterocycles. The second kappa shape index (κ2) is 10.5. The Hall–Kier alpha value is -0.570. The summed E-state index contributed by atoms with van der Waals surface area (Å²) in [4.78, 5) is 12.9. The zero-order valence-corrected chi connectivity index (χ0v) is 16.9. The standard InChI is InChI=1S/C22H40O3/c1-4-16-22(3,5-2)21(23)25-20(17-18-12-8-6-9-13-18)24-19-14-10-7-11-15-19/h18-20H,4-17H2,1-3H3. The molecule has 2 rings (SSSR count). The summed E-state index contributed by atoms with van der Waals surface area (Å²) in [6.45, 7) is 6.28. The molecule has 3 heteroatoms. The molecule has 0 aromatic carbocycles. The predicted octanol–water partition coefficient (Wildman–Crippen LogP) is 6.39. The highest BCUT2D eigenvalue weighted by Gasteiger charge is 2.35. The van der Waals surface area contributed by atoms with Crippen molar-refractivity contribution >= 4 is 5.97 Å². The van der Waals surface area contributed by atoms with Gasteiger partial charge in [0.25, 0.3) is 0 Å². The van der Waals surface area contributed by atoms with E-state index < -0.39 is 0 Å². The summed E-state index contributed by atoms with van der Waals surface area (Å²) in [7, 11) is 0. The summed E-state index contributed by atoms with van der Waals surface area (Å²) >= 11 is 0. The van der Waals surface area contributed by atoms with Gasteiger partial charge >= 0.3 is 5.97 Å². The van der Waals surface area contributed by atoms with E-state index in [9.17, 15) is 4.79 Å². The van der Waals surface area contributed by atoms with E-state index in [4.69, 9.17) is 9.47 Å². The first-order valence-corrected chi connectivity index (χ1v) is 10.9. The van der Waals surface area contributed by atoms with Crippen LogP contribution in [-0.2, 0) is 14.3 Å². The number of hydrogen-bond acceptors (Lipinski definition) is 3. The Balaban J connectivity index is 1.97. The van der Waals surface area contributed by atoms with E-state index in [1.54, 1.807) is 0 Å². The first-order valence-electron chi connectivity index (χ1n) is 10.9. The second-order valence-corrected chi connectivity index (χ2v) is 8.63. The van der Waals surface area contributed by atoms with Crippen LogP contribution in [0, 0.1) is 11.3 Å². The Labute approximate surface area is 155 Å². The van der Waals surface area contributed by atoms with Crippen LogP contribution in [0.5, 0.6) is 0 Å². The van der Waals surface area contributed by atoms with Gasteiger partial charge in [-0.1, -0.05) is 71.6 Å². The van der Waals surface area contributed by atoms with Crippen LogP contribution in [0.2, 0.25) is 0 Å². The van der Waals surface area contributed by atoms with Gasteiger partial charge in [-0.05, 0) is 38.5 Å². The SMILES string of the molecule is CCCC(C)(CC)C(=O)OC(CC1CCCCC1)OC1CCCCC1. The van der Waals surface area contributed by atoms with E-state index >= 15 is 0 Å². The molecule has 2 aliphatic rings. The fourth-order valence-corrected chi connectivity index (χ4v) is 4.48. The van der Waals surface area contributed by atoms with Crippen molar-refractivity contribution in [1.29, 1.82) is 0 Å². The molecule has 0 saturated heterocycles. The summed E-state index contributed by atoms with van der Waals surface area (Å²) in [6.07, 6.45) is 16.2. The lowest BCUT2D eigenvalue weighted by molar-refractivity contribution is -0.207. The summed E-state index contributed by atoms with van der Waals surface area (Å²) < 4.78 is 12.3. The number of hydrogen-bond donors (Lipinski definition) is 0. The van der Waals surface area contributed by atoms with E-state index in [-0.39, 0.29) is 23.8 Å². The lowest BCUT2D eigenvalue weighted by Gasteiger charge is -2.33. The summed E-state index contributed by atoms with van der Waals surface area (Å²) in [6, 6.07) is 0. The van der Waals surface area contributed by atoms with Crippen LogP contribution in [0.25, 0.3) is 0 Å². The van der Waals surface area contributed by atoms with Gasteiger partial charge in [-0.3, -0.25) is 4.79 Å². The minimum Gasteiger partial charge on any atom is -0.435 e. The predicted molar refractivity (Wildman–Crippen MR) is 102 cm³/mol. The molecule has 0 N–H and O–H groups in total. The third-order valence-electron chi connectivity index (χ3n) is 6.46. The summed E-state index contributed by atoms with van der Waals surface area (Å²) in [5.74, 6) is 0.614. The number of ether oxygens (including phenoxy) is 2. The zero-order chi connectivity index (χ0) is 18.1. The molecule has 25 heavy (non-hydrogen) atoms. The number of esters is 1. The smallest absolute Gasteiger partial charge is 0.314 e. The monoisotopic (exact) mass is 352 g/mol. The zero-order valence-electron chi connectivity index (χ0n) is 16.9. The normalized spacial score (nSPS) is 23.8. The molecule has 2 saturated carbocycles. The lowest BCUT2D eigenvalue weighted by Crippen LogP contribution is -2.36. The number of carbonyl (C=O) groups excluding carboxylic acids is 1. The molecule has 0 aromatic rings. The maximum Gasteiger partial charge on any atom is 0.314 e. The minimum absolute atomic E-state index is 0.0477. The van der Waals surface area contributed by atoms with Crippen molar-refractivity contribution in [2.45, 2.75) is 123 Å². The van der Waals surface area contributed by atoms with E-state index in [0.717, 1.165) is 38.5 Å². The lowest BCUT2D eigenvalue weighted by atomic mass is 9.83. The summed E-state index contributed by atoms with van der Waals surface area (Å²) in [5.41, 5.74) is -0.366. The Bertz CT molecular complexity index is 363. The van der Waals surface area contributed by atoms with Crippen LogP contribution in [0.15, 0.2) is 0 Å². The maximum atomic E-state index is 12.9.